The van der Waals surface area contributed by atoms with Crippen molar-refractivity contribution < 1.29 is 9.90 Å². The van der Waals surface area contributed by atoms with E-state index >= 15 is 0 Å². The topological polar surface area (TPSA) is 69.2 Å². The molecular weight excluding hydrogens is 230 g/mol. The van der Waals surface area contributed by atoms with Gasteiger partial charge in [0, 0.05) is 31.1 Å². The lowest BCUT2D eigenvalue weighted by molar-refractivity contribution is -0.139. The first kappa shape index (κ1) is 11.7. The van der Waals surface area contributed by atoms with Crippen LogP contribution in [0.15, 0.2) is 6.20 Å². The summed E-state index contributed by atoms with van der Waals surface area (Å²) in [7, 11) is 0. The van der Waals surface area contributed by atoms with E-state index < -0.39 is 0 Å². The van der Waals surface area contributed by atoms with E-state index in [1.54, 1.807) is 0 Å². The molecule has 0 spiro atoms. The van der Waals surface area contributed by atoms with Crippen LogP contribution in [0.4, 0.5) is 0 Å². The van der Waals surface area contributed by atoms with Crippen molar-refractivity contribution in [1.29, 1.82) is 0 Å². The van der Waals surface area contributed by atoms with Gasteiger partial charge in [-0.2, -0.15) is 5.10 Å². The molecule has 18 heavy (non-hydrogen) atoms. The van der Waals surface area contributed by atoms with Crippen molar-refractivity contribution in [2.45, 2.75) is 38.2 Å². The van der Waals surface area contributed by atoms with Gasteiger partial charge in [-0.05, 0) is 31.2 Å². The van der Waals surface area contributed by atoms with Crippen LogP contribution in [0.5, 0.6) is 0 Å². The van der Waals surface area contributed by atoms with Crippen molar-refractivity contribution in [2.24, 2.45) is 5.92 Å². The molecule has 1 fully saturated rings. The van der Waals surface area contributed by atoms with E-state index in [1.165, 1.54) is 5.56 Å². The Kier molecular flexibility index (Phi) is 3.07. The molecule has 1 aliphatic heterocycles. The van der Waals surface area contributed by atoms with Gasteiger partial charge in [0.25, 0.3) is 0 Å². The molecule has 1 saturated heterocycles. The average Bonchev–Trinajstić information content (AvgIpc) is 2.85. The summed E-state index contributed by atoms with van der Waals surface area (Å²) in [5.41, 5.74) is 2.36. The SMILES string of the molecule is O=C(C1CCc2cn[nH]c2C1)N1CCCC(O)C1. The lowest BCUT2D eigenvalue weighted by Crippen LogP contribution is -2.45. The molecule has 2 aliphatic rings. The Morgan fingerprint density at radius 1 is 1.50 bits per heavy atom. The summed E-state index contributed by atoms with van der Waals surface area (Å²) in [5, 5.41) is 16.7. The van der Waals surface area contributed by atoms with Gasteiger partial charge in [0.05, 0.1) is 12.3 Å². The number of rotatable bonds is 1. The van der Waals surface area contributed by atoms with Crippen LogP contribution in [0.2, 0.25) is 0 Å². The number of aromatic amines is 1. The summed E-state index contributed by atoms with van der Waals surface area (Å²) >= 11 is 0. The molecular formula is C13H19N3O2. The Morgan fingerprint density at radius 3 is 3.22 bits per heavy atom. The van der Waals surface area contributed by atoms with Gasteiger partial charge in [-0.3, -0.25) is 9.89 Å². The zero-order valence-electron chi connectivity index (χ0n) is 10.4. The zero-order chi connectivity index (χ0) is 12.5. The number of aromatic nitrogens is 2. The minimum atomic E-state index is -0.339. The summed E-state index contributed by atoms with van der Waals surface area (Å²) < 4.78 is 0. The normalized spacial score (nSPS) is 27.9. The van der Waals surface area contributed by atoms with Gasteiger partial charge in [-0.15, -0.1) is 0 Å². The number of β-amino-alcohol motifs (C(OH)–C–C–N with tert-alkyl or cyclic N) is 1. The highest BCUT2D eigenvalue weighted by Crippen LogP contribution is 2.26. The molecule has 1 aliphatic carbocycles. The van der Waals surface area contributed by atoms with E-state index in [9.17, 15) is 9.90 Å². The predicted molar refractivity (Wildman–Crippen MR) is 65.9 cm³/mol. The van der Waals surface area contributed by atoms with Crippen molar-refractivity contribution in [3.63, 3.8) is 0 Å². The molecule has 2 N–H and O–H groups in total. The lowest BCUT2D eigenvalue weighted by atomic mass is 9.86. The van der Waals surface area contributed by atoms with Gasteiger partial charge >= 0.3 is 0 Å². The number of hydrogen-bond acceptors (Lipinski definition) is 3. The van der Waals surface area contributed by atoms with Crippen molar-refractivity contribution in [1.82, 2.24) is 15.1 Å². The predicted octanol–water partition coefficient (Wildman–Crippen LogP) is 0.498. The van der Waals surface area contributed by atoms with Gasteiger partial charge in [0.1, 0.15) is 0 Å². The van der Waals surface area contributed by atoms with Crippen LogP contribution < -0.4 is 0 Å². The van der Waals surface area contributed by atoms with Crippen LogP contribution in [0.25, 0.3) is 0 Å². The fraction of sp³-hybridized carbons (Fsp3) is 0.692. The number of nitrogens with zero attached hydrogens (tertiary/aromatic N) is 2. The van der Waals surface area contributed by atoms with Crippen molar-refractivity contribution in [3.05, 3.63) is 17.5 Å². The fourth-order valence-electron chi connectivity index (χ4n) is 3.03. The molecule has 1 aromatic heterocycles. The highest BCUT2D eigenvalue weighted by atomic mass is 16.3. The van der Waals surface area contributed by atoms with E-state index in [-0.39, 0.29) is 17.9 Å². The summed E-state index contributed by atoms with van der Waals surface area (Å²) in [6.07, 6.45) is 5.85. The molecule has 5 nitrogen and oxygen atoms in total. The molecule has 1 aromatic rings. The summed E-state index contributed by atoms with van der Waals surface area (Å²) in [6, 6.07) is 0. The van der Waals surface area contributed by atoms with Crippen LogP contribution in [0.1, 0.15) is 30.5 Å². The maximum Gasteiger partial charge on any atom is 0.226 e. The third-order valence-corrected chi connectivity index (χ3v) is 4.08. The molecule has 0 bridgehead atoms. The van der Waals surface area contributed by atoms with E-state index in [1.807, 2.05) is 11.1 Å². The maximum absolute atomic E-state index is 12.4. The summed E-state index contributed by atoms with van der Waals surface area (Å²) in [4.78, 5) is 14.2. The number of hydrogen-bond donors (Lipinski definition) is 2. The van der Waals surface area contributed by atoms with E-state index in [4.69, 9.17) is 0 Å². The maximum atomic E-state index is 12.4. The Morgan fingerprint density at radius 2 is 2.39 bits per heavy atom. The number of piperidine rings is 1. The van der Waals surface area contributed by atoms with Crippen molar-refractivity contribution in [3.8, 4) is 0 Å². The quantitative estimate of drug-likeness (QED) is 0.761. The van der Waals surface area contributed by atoms with Crippen LogP contribution >= 0.6 is 0 Å². The molecule has 0 radical (unpaired) electrons. The van der Waals surface area contributed by atoms with Crippen molar-refractivity contribution in [2.75, 3.05) is 13.1 Å². The Hall–Kier alpha value is -1.36. The smallest absolute Gasteiger partial charge is 0.226 e. The van der Waals surface area contributed by atoms with E-state index in [2.05, 4.69) is 10.2 Å². The Bertz CT molecular complexity index is 443. The van der Waals surface area contributed by atoms with Gasteiger partial charge in [0.2, 0.25) is 5.91 Å². The van der Waals surface area contributed by atoms with E-state index in [0.29, 0.717) is 6.54 Å². The second-order valence-corrected chi connectivity index (χ2v) is 5.39. The highest BCUT2D eigenvalue weighted by Gasteiger charge is 2.31. The number of fused-ring (bicyclic) bond motifs is 1. The van der Waals surface area contributed by atoms with E-state index in [0.717, 1.165) is 44.3 Å². The molecule has 0 saturated carbocycles. The number of H-pyrrole nitrogens is 1. The van der Waals surface area contributed by atoms with Gasteiger partial charge in [0.15, 0.2) is 0 Å². The molecule has 1 amide bonds. The van der Waals surface area contributed by atoms with Gasteiger partial charge < -0.3 is 10.0 Å². The number of carbonyl (C=O) groups excluding carboxylic acids is 1. The number of aryl methyl sites for hydroxylation is 1. The average molecular weight is 249 g/mol. The van der Waals surface area contributed by atoms with Crippen LogP contribution in [0, 0.1) is 5.92 Å². The monoisotopic (exact) mass is 249 g/mol. The summed E-state index contributed by atoms with van der Waals surface area (Å²) in [5.74, 6) is 0.261. The second-order valence-electron chi connectivity index (χ2n) is 5.39. The third kappa shape index (κ3) is 2.14. The van der Waals surface area contributed by atoms with Crippen LogP contribution in [0.3, 0.4) is 0 Å². The fourth-order valence-corrected chi connectivity index (χ4v) is 3.03. The van der Waals surface area contributed by atoms with Gasteiger partial charge in [-0.1, -0.05) is 0 Å². The molecule has 2 unspecified atom stereocenters. The first-order valence-electron chi connectivity index (χ1n) is 6.72. The summed E-state index contributed by atoms with van der Waals surface area (Å²) in [6.45, 7) is 1.30. The molecule has 5 heteroatoms. The van der Waals surface area contributed by atoms with Crippen molar-refractivity contribution >= 4 is 5.91 Å². The Labute approximate surface area is 106 Å². The minimum Gasteiger partial charge on any atom is -0.391 e. The first-order valence-corrected chi connectivity index (χ1v) is 6.72. The largest absolute Gasteiger partial charge is 0.391 e. The molecule has 3 rings (SSSR count). The zero-order valence-corrected chi connectivity index (χ0v) is 10.4. The number of nitrogens with one attached hydrogen (secondary N) is 1. The second kappa shape index (κ2) is 4.72. The standard InChI is InChI=1S/C13H19N3O2/c17-11-2-1-5-16(8-11)13(18)9-3-4-10-7-14-15-12(10)6-9/h7,9,11,17H,1-6,8H2,(H,14,15). The molecule has 2 heterocycles. The van der Waals surface area contributed by atoms with Gasteiger partial charge in [-0.25, -0.2) is 0 Å². The number of aliphatic hydroxyl groups excluding tert-OH is 1. The molecule has 0 aromatic carbocycles. The minimum absolute atomic E-state index is 0.0586. The number of carbonyl (C=O) groups is 1. The lowest BCUT2D eigenvalue weighted by Gasteiger charge is -2.33. The molecule has 2 atom stereocenters. The number of amides is 1. The van der Waals surface area contributed by atoms with Crippen LogP contribution in [-0.4, -0.2) is 45.3 Å². The highest BCUT2D eigenvalue weighted by molar-refractivity contribution is 5.79. The Balaban J connectivity index is 1.67. The number of aliphatic hydroxyl groups is 1. The van der Waals surface area contributed by atoms with Crippen LogP contribution in [-0.2, 0) is 17.6 Å². The third-order valence-electron chi connectivity index (χ3n) is 4.08. The first-order chi connectivity index (χ1) is 8.74. The molecule has 98 valence electrons. The number of likely N-dealkylation sites (tertiary alicyclic amines) is 1.